The number of urea groups is 1. The van der Waals surface area contributed by atoms with E-state index in [1.54, 1.807) is 18.2 Å². The molecule has 0 saturated heterocycles. The zero-order valence-corrected chi connectivity index (χ0v) is 13.8. The summed E-state index contributed by atoms with van der Waals surface area (Å²) in [6.07, 6.45) is 0. The Labute approximate surface area is 144 Å². The number of aryl methyl sites for hydroxylation is 1. The fourth-order valence-corrected chi connectivity index (χ4v) is 2.68. The van der Waals surface area contributed by atoms with Crippen LogP contribution < -0.4 is 16.4 Å². The lowest BCUT2D eigenvalue weighted by Gasteiger charge is -2.10. The lowest BCUT2D eigenvalue weighted by atomic mass is 10.2. The van der Waals surface area contributed by atoms with Crippen LogP contribution in [0.1, 0.15) is 16.2 Å². The quantitative estimate of drug-likeness (QED) is 0.665. The molecule has 1 heterocycles. The number of nitrogens with two attached hydrogens (primary N) is 1. The number of primary amides is 1. The maximum Gasteiger partial charge on any atom is 0.319 e. The maximum absolute atomic E-state index is 12.0. The van der Waals surface area contributed by atoms with Crippen molar-refractivity contribution < 1.29 is 9.59 Å². The Morgan fingerprint density at radius 2 is 1.96 bits per heavy atom. The highest BCUT2D eigenvalue weighted by atomic mass is 16.2. The average molecular weight is 337 g/mol. The molecular formula is C18H19N5O2. The number of nitrogens with one attached hydrogen (secondary N) is 2. The van der Waals surface area contributed by atoms with Gasteiger partial charge in [0.15, 0.2) is 0 Å². The second kappa shape index (κ2) is 7.04. The Balaban J connectivity index is 1.58. The van der Waals surface area contributed by atoms with Gasteiger partial charge in [0.1, 0.15) is 5.82 Å². The number of carbonyl (C=O) groups is 2. The third kappa shape index (κ3) is 3.77. The van der Waals surface area contributed by atoms with Gasteiger partial charge in [0.05, 0.1) is 11.0 Å². The number of aromatic nitrogens is 2. The minimum absolute atomic E-state index is 0.344. The zero-order valence-electron chi connectivity index (χ0n) is 13.8. The molecule has 0 fully saturated rings. The van der Waals surface area contributed by atoms with Crippen molar-refractivity contribution in [2.45, 2.75) is 13.5 Å². The number of amides is 3. The van der Waals surface area contributed by atoms with Crippen LogP contribution >= 0.6 is 0 Å². The van der Waals surface area contributed by atoms with Crippen LogP contribution in [0.15, 0.2) is 48.5 Å². The second-order valence-corrected chi connectivity index (χ2v) is 5.63. The van der Waals surface area contributed by atoms with Gasteiger partial charge in [-0.2, -0.15) is 0 Å². The summed E-state index contributed by atoms with van der Waals surface area (Å²) in [7, 11) is 0. The van der Waals surface area contributed by atoms with Gasteiger partial charge in [-0.3, -0.25) is 4.79 Å². The van der Waals surface area contributed by atoms with Gasteiger partial charge in [0.25, 0.3) is 0 Å². The van der Waals surface area contributed by atoms with Gasteiger partial charge in [0, 0.05) is 24.3 Å². The van der Waals surface area contributed by atoms with Crippen molar-refractivity contribution in [3.05, 3.63) is 59.9 Å². The minimum Gasteiger partial charge on any atom is -0.366 e. The highest BCUT2D eigenvalue weighted by molar-refractivity contribution is 5.95. The molecule has 0 aliphatic carbocycles. The SMILES string of the molecule is Cc1nc2ccccc2n1CCNC(=O)Nc1cccc(C(N)=O)c1. The average Bonchev–Trinajstić information content (AvgIpc) is 2.91. The first-order valence-corrected chi connectivity index (χ1v) is 7.91. The molecule has 0 bridgehead atoms. The van der Waals surface area contributed by atoms with Gasteiger partial charge in [-0.1, -0.05) is 18.2 Å². The fraction of sp³-hybridized carbons (Fsp3) is 0.167. The molecule has 0 aliphatic heterocycles. The highest BCUT2D eigenvalue weighted by Gasteiger charge is 2.08. The first-order chi connectivity index (χ1) is 12.0. The standard InChI is InChI=1S/C18H19N5O2/c1-12-21-15-7-2-3-8-16(15)23(12)10-9-20-18(25)22-14-6-4-5-13(11-14)17(19)24/h2-8,11H,9-10H2,1H3,(H2,19,24)(H2,20,22,25). The molecule has 0 saturated carbocycles. The number of carbonyl (C=O) groups excluding carboxylic acids is 2. The summed E-state index contributed by atoms with van der Waals surface area (Å²) in [5, 5.41) is 5.48. The van der Waals surface area contributed by atoms with Crippen molar-refractivity contribution in [1.29, 1.82) is 0 Å². The van der Waals surface area contributed by atoms with Crippen LogP contribution in [-0.4, -0.2) is 28.0 Å². The van der Waals surface area contributed by atoms with E-state index in [1.165, 1.54) is 6.07 Å². The predicted molar refractivity (Wildman–Crippen MR) is 96.5 cm³/mol. The minimum atomic E-state index is -0.536. The van der Waals surface area contributed by atoms with Crippen LogP contribution in [0.4, 0.5) is 10.5 Å². The summed E-state index contributed by atoms with van der Waals surface area (Å²) in [6.45, 7) is 3.00. The molecule has 3 rings (SSSR count). The monoisotopic (exact) mass is 337 g/mol. The smallest absolute Gasteiger partial charge is 0.319 e. The van der Waals surface area contributed by atoms with E-state index in [-0.39, 0.29) is 6.03 Å². The summed E-state index contributed by atoms with van der Waals surface area (Å²) in [6, 6.07) is 14.0. The number of nitrogens with zero attached hydrogens (tertiary/aromatic N) is 2. The number of imidazole rings is 1. The molecule has 0 radical (unpaired) electrons. The third-order valence-electron chi connectivity index (χ3n) is 3.87. The van der Waals surface area contributed by atoms with Crippen LogP contribution in [0.25, 0.3) is 11.0 Å². The Hall–Kier alpha value is -3.35. The summed E-state index contributed by atoms with van der Waals surface area (Å²) >= 11 is 0. The molecule has 0 atom stereocenters. The molecule has 1 aromatic heterocycles. The van der Waals surface area contributed by atoms with Crippen LogP contribution in [0.2, 0.25) is 0 Å². The number of anilines is 1. The Bertz CT molecular complexity index is 932. The number of para-hydroxylation sites is 2. The molecule has 2 aromatic carbocycles. The number of fused-ring (bicyclic) bond motifs is 1. The van der Waals surface area contributed by atoms with Gasteiger partial charge < -0.3 is 20.9 Å². The molecule has 0 unspecified atom stereocenters. The maximum atomic E-state index is 12.0. The van der Waals surface area contributed by atoms with E-state index in [9.17, 15) is 9.59 Å². The van der Waals surface area contributed by atoms with E-state index in [0.29, 0.717) is 24.3 Å². The third-order valence-corrected chi connectivity index (χ3v) is 3.87. The van der Waals surface area contributed by atoms with Crippen molar-refractivity contribution >= 4 is 28.7 Å². The summed E-state index contributed by atoms with van der Waals surface area (Å²) in [4.78, 5) is 27.7. The number of rotatable bonds is 5. The van der Waals surface area contributed by atoms with Crippen LogP contribution in [0, 0.1) is 6.92 Å². The van der Waals surface area contributed by atoms with E-state index >= 15 is 0 Å². The summed E-state index contributed by atoms with van der Waals surface area (Å²) < 4.78 is 2.06. The zero-order chi connectivity index (χ0) is 17.8. The first-order valence-electron chi connectivity index (χ1n) is 7.91. The van der Waals surface area contributed by atoms with Gasteiger partial charge in [-0.15, -0.1) is 0 Å². The fourth-order valence-electron chi connectivity index (χ4n) is 2.68. The molecule has 0 spiro atoms. The molecule has 7 heteroatoms. The summed E-state index contributed by atoms with van der Waals surface area (Å²) in [5.74, 6) is 0.365. The van der Waals surface area contributed by atoms with Crippen LogP contribution in [-0.2, 0) is 6.54 Å². The number of hydrogen-bond donors (Lipinski definition) is 3. The van der Waals surface area contributed by atoms with Crippen LogP contribution in [0.3, 0.4) is 0 Å². The first kappa shape index (κ1) is 16.5. The Morgan fingerprint density at radius 1 is 1.16 bits per heavy atom. The van der Waals surface area contributed by atoms with Gasteiger partial charge in [-0.05, 0) is 37.3 Å². The van der Waals surface area contributed by atoms with E-state index in [4.69, 9.17) is 5.73 Å². The Kier molecular flexibility index (Phi) is 4.65. The Morgan fingerprint density at radius 3 is 2.76 bits per heavy atom. The molecule has 0 aliphatic rings. The topological polar surface area (TPSA) is 102 Å². The van der Waals surface area contributed by atoms with Gasteiger partial charge in [-0.25, -0.2) is 9.78 Å². The van der Waals surface area contributed by atoms with Gasteiger partial charge in [0.2, 0.25) is 5.91 Å². The van der Waals surface area contributed by atoms with E-state index in [0.717, 1.165) is 16.9 Å². The van der Waals surface area contributed by atoms with Gasteiger partial charge >= 0.3 is 6.03 Å². The largest absolute Gasteiger partial charge is 0.366 e. The molecule has 128 valence electrons. The molecule has 4 N–H and O–H groups in total. The van der Waals surface area contributed by atoms with Crippen molar-refractivity contribution in [3.8, 4) is 0 Å². The van der Waals surface area contributed by atoms with Crippen molar-refractivity contribution in [1.82, 2.24) is 14.9 Å². The normalized spacial score (nSPS) is 10.6. The number of benzene rings is 2. The second-order valence-electron chi connectivity index (χ2n) is 5.63. The summed E-state index contributed by atoms with van der Waals surface area (Å²) in [5.41, 5.74) is 8.07. The van der Waals surface area contributed by atoms with Crippen LogP contribution in [0.5, 0.6) is 0 Å². The molecule has 7 nitrogen and oxygen atoms in total. The predicted octanol–water partition coefficient (Wildman–Crippen LogP) is 2.27. The molecular weight excluding hydrogens is 318 g/mol. The van der Waals surface area contributed by atoms with Crippen molar-refractivity contribution in [3.63, 3.8) is 0 Å². The van der Waals surface area contributed by atoms with Crippen molar-refractivity contribution in [2.75, 3.05) is 11.9 Å². The molecule has 3 aromatic rings. The lowest BCUT2D eigenvalue weighted by Crippen LogP contribution is -2.31. The molecule has 25 heavy (non-hydrogen) atoms. The van der Waals surface area contributed by atoms with E-state index in [2.05, 4.69) is 20.2 Å². The van der Waals surface area contributed by atoms with Crippen molar-refractivity contribution in [2.24, 2.45) is 5.73 Å². The van der Waals surface area contributed by atoms with E-state index in [1.807, 2.05) is 31.2 Å². The molecule has 3 amide bonds. The number of hydrogen-bond acceptors (Lipinski definition) is 3. The van der Waals surface area contributed by atoms with E-state index < -0.39 is 5.91 Å². The lowest BCUT2D eigenvalue weighted by molar-refractivity contribution is 0.100. The highest BCUT2D eigenvalue weighted by Crippen LogP contribution is 2.15.